The lowest BCUT2D eigenvalue weighted by Gasteiger charge is -2.35. The van der Waals surface area contributed by atoms with Crippen LogP contribution in [0.15, 0.2) is 54.2 Å². The van der Waals surface area contributed by atoms with Crippen LogP contribution in [0.25, 0.3) is 11.3 Å². The average molecular weight is 600 g/mol. The van der Waals surface area contributed by atoms with Crippen molar-refractivity contribution in [3.05, 3.63) is 82.0 Å². The number of carbonyl (C=O) groups is 2. The number of carboxylic acids is 1. The van der Waals surface area contributed by atoms with Gasteiger partial charge in [-0.2, -0.15) is 5.10 Å². The van der Waals surface area contributed by atoms with Crippen molar-refractivity contribution >= 4 is 28.3 Å². The molecule has 3 atom stereocenters. The first-order chi connectivity index (χ1) is 20.7. The van der Waals surface area contributed by atoms with Gasteiger partial charge in [-0.3, -0.25) is 14.3 Å². The van der Waals surface area contributed by atoms with Crippen molar-refractivity contribution in [3.8, 4) is 17.0 Å². The van der Waals surface area contributed by atoms with Gasteiger partial charge in [-0.05, 0) is 73.9 Å². The van der Waals surface area contributed by atoms with Crippen LogP contribution in [0.1, 0.15) is 45.5 Å². The van der Waals surface area contributed by atoms with E-state index in [1.54, 1.807) is 34.2 Å². The molecule has 9 nitrogen and oxygen atoms in total. The Bertz CT molecular complexity index is 1650. The van der Waals surface area contributed by atoms with Gasteiger partial charge in [0.1, 0.15) is 12.4 Å². The fraction of sp³-hybridized carbons (Fsp3) is 0.394. The molecule has 0 radical (unpaired) electrons. The van der Waals surface area contributed by atoms with Crippen LogP contribution in [-0.2, 0) is 25.0 Å². The standard InChI is InChI=1S/C33H37N5O4S/c1-20-5-10-29(27(11-20)28-19-43-33(35-28)38-16-24-7-8-25(17-38)30(24)32(40)41)42-18-26-9-6-23(12-21(26)2)31(39)36(3)14-22-13-34-37(4)15-22/h5-6,9-13,15,19,24-25,30H,7-8,14,16-18H2,1-4H3,(H,40,41)/t24-,25+,30+. The first kappa shape index (κ1) is 28.9. The predicted octanol–water partition coefficient (Wildman–Crippen LogP) is 5.56. The van der Waals surface area contributed by atoms with Crippen molar-refractivity contribution in [1.29, 1.82) is 0 Å². The largest absolute Gasteiger partial charge is 0.488 e. The third-order valence-corrected chi connectivity index (χ3v) is 9.69. The Morgan fingerprint density at radius 1 is 1.12 bits per heavy atom. The van der Waals surface area contributed by atoms with Gasteiger partial charge in [-0.25, -0.2) is 4.98 Å². The maximum Gasteiger partial charge on any atom is 0.307 e. The lowest BCUT2D eigenvalue weighted by atomic mass is 9.85. The van der Waals surface area contributed by atoms with Gasteiger partial charge < -0.3 is 19.6 Å². The van der Waals surface area contributed by atoms with Crippen molar-refractivity contribution < 1.29 is 19.4 Å². The van der Waals surface area contributed by atoms with Crippen LogP contribution < -0.4 is 9.64 Å². The lowest BCUT2D eigenvalue weighted by Crippen LogP contribution is -2.44. The minimum absolute atomic E-state index is 0.0419. The number of ether oxygens (including phenoxy) is 1. The molecule has 43 heavy (non-hydrogen) atoms. The highest BCUT2D eigenvalue weighted by Gasteiger charge is 2.46. The third-order valence-electron chi connectivity index (χ3n) is 8.79. The number of aliphatic carboxylic acids is 1. The molecule has 2 aromatic heterocycles. The van der Waals surface area contributed by atoms with E-state index < -0.39 is 5.97 Å². The van der Waals surface area contributed by atoms with Gasteiger partial charge >= 0.3 is 5.97 Å². The van der Waals surface area contributed by atoms with Gasteiger partial charge in [0.05, 0.1) is 17.8 Å². The van der Waals surface area contributed by atoms with E-state index in [0.29, 0.717) is 18.7 Å². The molecule has 4 aromatic rings. The zero-order valence-corrected chi connectivity index (χ0v) is 25.8. The molecule has 2 aliphatic rings. The smallest absolute Gasteiger partial charge is 0.307 e. The van der Waals surface area contributed by atoms with Gasteiger partial charge in [0.25, 0.3) is 5.91 Å². The molecule has 2 fully saturated rings. The number of fused-ring (bicyclic) bond motifs is 2. The second kappa shape index (κ2) is 11.8. The Morgan fingerprint density at radius 3 is 2.56 bits per heavy atom. The highest BCUT2D eigenvalue weighted by molar-refractivity contribution is 7.14. The minimum Gasteiger partial charge on any atom is -0.488 e. The molecule has 1 N–H and O–H groups in total. The van der Waals surface area contributed by atoms with Gasteiger partial charge in [0.2, 0.25) is 0 Å². The van der Waals surface area contributed by atoms with Crippen LogP contribution in [0.3, 0.4) is 0 Å². The molecular weight excluding hydrogens is 562 g/mol. The van der Waals surface area contributed by atoms with Crippen LogP contribution in [0.5, 0.6) is 5.75 Å². The van der Waals surface area contributed by atoms with Gasteiger partial charge in [0, 0.05) is 62.0 Å². The van der Waals surface area contributed by atoms with E-state index in [1.165, 1.54) is 0 Å². The van der Waals surface area contributed by atoms with Crippen molar-refractivity contribution in [3.63, 3.8) is 0 Å². The Balaban J connectivity index is 1.14. The number of carboxylic acid groups (broad SMARTS) is 1. The molecule has 0 unspecified atom stereocenters. The van der Waals surface area contributed by atoms with E-state index in [-0.39, 0.29) is 23.7 Å². The Hall–Kier alpha value is -4.18. The minimum atomic E-state index is -0.654. The molecule has 10 heteroatoms. The molecule has 1 saturated carbocycles. The summed E-state index contributed by atoms with van der Waals surface area (Å²) in [5, 5.41) is 16.9. The molecular formula is C33H37N5O4S. The Morgan fingerprint density at radius 2 is 1.88 bits per heavy atom. The number of hydrogen-bond donors (Lipinski definition) is 1. The number of benzene rings is 2. The summed E-state index contributed by atoms with van der Waals surface area (Å²) in [6, 6.07) is 11.9. The summed E-state index contributed by atoms with van der Waals surface area (Å²) in [4.78, 5) is 33.8. The summed E-state index contributed by atoms with van der Waals surface area (Å²) in [5.74, 6) is 0.206. The SMILES string of the molecule is Cc1ccc(OCc2ccc(C(=O)N(C)Cc3cnn(C)c3)cc2C)c(-c2csc(N3C[C@H]4CC[C@@H](C3)[C@H]4C(=O)O)n2)c1. The zero-order valence-electron chi connectivity index (χ0n) is 25.0. The van der Waals surface area contributed by atoms with Crippen molar-refractivity contribution in [1.82, 2.24) is 19.7 Å². The number of carbonyl (C=O) groups excluding carboxylic acids is 1. The second-order valence-electron chi connectivity index (χ2n) is 12.0. The summed E-state index contributed by atoms with van der Waals surface area (Å²) in [7, 11) is 3.66. The molecule has 1 aliphatic carbocycles. The Kier molecular flexibility index (Phi) is 7.96. The van der Waals surface area contributed by atoms with Gasteiger partial charge in [0.15, 0.2) is 5.13 Å². The summed E-state index contributed by atoms with van der Waals surface area (Å²) >= 11 is 1.60. The fourth-order valence-electron chi connectivity index (χ4n) is 6.55. The highest BCUT2D eigenvalue weighted by Crippen LogP contribution is 2.44. The van der Waals surface area contributed by atoms with Gasteiger partial charge in [-0.15, -0.1) is 11.3 Å². The molecule has 1 amide bonds. The van der Waals surface area contributed by atoms with Crippen LogP contribution in [0, 0.1) is 31.6 Å². The quantitative estimate of drug-likeness (QED) is 0.269. The monoisotopic (exact) mass is 599 g/mol. The zero-order chi connectivity index (χ0) is 30.2. The Labute approximate surface area is 255 Å². The molecule has 1 aliphatic heterocycles. The molecule has 3 heterocycles. The number of amides is 1. The van der Waals surface area contributed by atoms with E-state index in [2.05, 4.69) is 28.4 Å². The van der Waals surface area contributed by atoms with Crippen LogP contribution >= 0.6 is 11.3 Å². The molecule has 6 rings (SSSR count). The van der Waals surface area contributed by atoms with E-state index in [0.717, 1.165) is 70.3 Å². The maximum absolute atomic E-state index is 13.1. The number of nitrogens with zero attached hydrogens (tertiary/aromatic N) is 5. The normalized spacial score (nSPS) is 19.4. The highest BCUT2D eigenvalue weighted by atomic mass is 32.1. The van der Waals surface area contributed by atoms with Crippen molar-refractivity contribution in [2.75, 3.05) is 25.0 Å². The van der Waals surface area contributed by atoms with Crippen molar-refractivity contribution in [2.24, 2.45) is 24.8 Å². The van der Waals surface area contributed by atoms with Gasteiger partial charge in [-0.1, -0.05) is 17.7 Å². The number of aromatic nitrogens is 3. The maximum atomic E-state index is 13.1. The summed E-state index contributed by atoms with van der Waals surface area (Å²) in [6.07, 6.45) is 5.63. The number of anilines is 1. The second-order valence-corrected chi connectivity index (χ2v) is 12.8. The fourth-order valence-corrected chi connectivity index (χ4v) is 7.40. The van der Waals surface area contributed by atoms with Crippen LogP contribution in [0.4, 0.5) is 5.13 Å². The number of thiazole rings is 1. The molecule has 2 bridgehead atoms. The summed E-state index contributed by atoms with van der Waals surface area (Å²) < 4.78 is 8.09. The molecule has 1 saturated heterocycles. The third kappa shape index (κ3) is 6.01. The number of piperidine rings is 1. The predicted molar refractivity (Wildman–Crippen MR) is 166 cm³/mol. The van der Waals surface area contributed by atoms with E-state index in [4.69, 9.17) is 9.72 Å². The number of hydrogen-bond acceptors (Lipinski definition) is 7. The lowest BCUT2D eigenvalue weighted by molar-refractivity contribution is -0.144. The first-order valence-corrected chi connectivity index (χ1v) is 15.5. The van der Waals surface area contributed by atoms with Crippen LogP contribution in [0.2, 0.25) is 0 Å². The summed E-state index contributed by atoms with van der Waals surface area (Å²) in [6.45, 7) is 6.40. The molecule has 224 valence electrons. The number of rotatable bonds is 9. The average Bonchev–Trinajstić information content (AvgIpc) is 3.70. The first-order valence-electron chi connectivity index (χ1n) is 14.7. The van der Waals surface area contributed by atoms with Crippen LogP contribution in [-0.4, -0.2) is 56.8 Å². The number of aryl methyl sites for hydroxylation is 3. The van der Waals surface area contributed by atoms with E-state index in [1.807, 2.05) is 50.5 Å². The summed E-state index contributed by atoms with van der Waals surface area (Å²) in [5.41, 5.74) is 6.54. The van der Waals surface area contributed by atoms with E-state index in [9.17, 15) is 14.7 Å². The van der Waals surface area contributed by atoms with Crippen molar-refractivity contribution in [2.45, 2.75) is 39.8 Å². The molecule has 0 spiro atoms. The van der Waals surface area contributed by atoms with E-state index >= 15 is 0 Å². The molecule has 2 aromatic carbocycles. The topological polar surface area (TPSA) is 101 Å².